The van der Waals surface area contributed by atoms with Gasteiger partial charge in [-0.15, -0.1) is 0 Å². The number of aromatic nitrogens is 2. The lowest BCUT2D eigenvalue weighted by Crippen LogP contribution is -2.50. The second-order valence-corrected chi connectivity index (χ2v) is 20.0. The fourth-order valence-electron chi connectivity index (χ4n) is 8.73. The van der Waals surface area contributed by atoms with E-state index in [1.54, 1.807) is 20.8 Å². The fourth-order valence-corrected chi connectivity index (χ4v) is 8.73. The van der Waals surface area contributed by atoms with Crippen molar-refractivity contribution in [2.45, 2.75) is 122 Å². The first-order valence-electron chi connectivity index (χ1n) is 22.9. The molecule has 14 heteroatoms. The molecule has 1 unspecified atom stereocenters. The summed E-state index contributed by atoms with van der Waals surface area (Å²) >= 11 is 0. The van der Waals surface area contributed by atoms with Crippen molar-refractivity contribution in [1.29, 1.82) is 0 Å². The van der Waals surface area contributed by atoms with Gasteiger partial charge in [-0.05, 0) is 149 Å². The van der Waals surface area contributed by atoms with Gasteiger partial charge in [-0.1, -0.05) is 48.5 Å². The number of rotatable bonds is 16. The molecule has 0 bridgehead atoms. The molecule has 64 heavy (non-hydrogen) atoms. The quantitative estimate of drug-likeness (QED) is 0.138. The van der Waals surface area contributed by atoms with Crippen molar-refractivity contribution in [2.75, 3.05) is 54.4 Å². The fraction of sp³-hybridized carbons (Fsp3) is 0.560. The summed E-state index contributed by atoms with van der Waals surface area (Å²) < 4.78 is 11.1. The van der Waals surface area contributed by atoms with Crippen LogP contribution in [0.1, 0.15) is 110 Å². The molecule has 2 N–H and O–H groups in total. The molecule has 3 amide bonds. The lowest BCUT2D eigenvalue weighted by Gasteiger charge is -2.30. The number of aliphatic imine (C=N–C) groups is 1. The van der Waals surface area contributed by atoms with E-state index in [1.807, 2.05) is 81.0 Å². The molecule has 1 aromatic heterocycles. The highest BCUT2D eigenvalue weighted by Crippen LogP contribution is 2.35. The van der Waals surface area contributed by atoms with Gasteiger partial charge >= 0.3 is 12.1 Å². The van der Waals surface area contributed by atoms with Gasteiger partial charge in [-0.25, -0.2) is 9.78 Å². The highest BCUT2D eigenvalue weighted by molar-refractivity contribution is 6.03. The van der Waals surface area contributed by atoms with Crippen molar-refractivity contribution >= 4 is 35.2 Å². The van der Waals surface area contributed by atoms with Gasteiger partial charge in [0, 0.05) is 37.3 Å². The maximum absolute atomic E-state index is 14.0. The number of nitrogens with zero attached hydrogens (tertiary/aromatic N) is 6. The van der Waals surface area contributed by atoms with E-state index in [0.717, 1.165) is 70.7 Å². The lowest BCUT2D eigenvalue weighted by atomic mass is 9.95. The largest absolute Gasteiger partial charge is 0.460 e. The molecule has 4 heterocycles. The highest BCUT2D eigenvalue weighted by atomic mass is 16.6. The van der Waals surface area contributed by atoms with Crippen LogP contribution >= 0.6 is 0 Å². The first-order valence-corrected chi connectivity index (χ1v) is 22.9. The monoisotopic (exact) mass is 879 g/mol. The van der Waals surface area contributed by atoms with Gasteiger partial charge in [0.15, 0.2) is 0 Å². The average molecular weight is 879 g/mol. The van der Waals surface area contributed by atoms with E-state index in [9.17, 15) is 19.2 Å². The van der Waals surface area contributed by atoms with E-state index in [-0.39, 0.29) is 36.3 Å². The van der Waals surface area contributed by atoms with Gasteiger partial charge < -0.3 is 39.4 Å². The number of alkyl carbamates (subject to hydrolysis) is 1. The van der Waals surface area contributed by atoms with Gasteiger partial charge in [-0.3, -0.25) is 19.4 Å². The number of carbonyl (C=O) groups excluding carboxylic acids is 4. The number of hydrogen-bond donors (Lipinski definition) is 2. The molecule has 0 radical (unpaired) electrons. The van der Waals surface area contributed by atoms with Crippen LogP contribution in [0.25, 0.3) is 28.0 Å². The molecule has 2 fully saturated rings. The molecule has 0 aliphatic carbocycles. The maximum atomic E-state index is 14.0. The maximum Gasteiger partial charge on any atom is 0.408 e. The number of H-pyrrole nitrogens is 1. The zero-order chi connectivity index (χ0) is 46.3. The summed E-state index contributed by atoms with van der Waals surface area (Å²) in [7, 11) is 7.84. The molecule has 3 aliphatic heterocycles. The van der Waals surface area contributed by atoms with Gasteiger partial charge in [0.2, 0.25) is 11.8 Å². The van der Waals surface area contributed by atoms with E-state index in [1.165, 1.54) is 0 Å². The number of esters is 1. The third-order valence-electron chi connectivity index (χ3n) is 11.9. The molecule has 2 aromatic carbocycles. The Morgan fingerprint density at radius 2 is 1.30 bits per heavy atom. The van der Waals surface area contributed by atoms with Gasteiger partial charge in [0.25, 0.3) is 0 Å². The van der Waals surface area contributed by atoms with Crippen LogP contribution in [0, 0.1) is 5.92 Å². The number of benzene rings is 2. The van der Waals surface area contributed by atoms with Crippen molar-refractivity contribution in [2.24, 2.45) is 10.9 Å². The van der Waals surface area contributed by atoms with E-state index >= 15 is 0 Å². The zero-order valence-corrected chi connectivity index (χ0v) is 39.7. The Kier molecular flexibility index (Phi) is 15.5. The molecule has 6 rings (SSSR count). The third kappa shape index (κ3) is 12.9. The minimum Gasteiger partial charge on any atom is -0.460 e. The summed E-state index contributed by atoms with van der Waals surface area (Å²) in [5, 5.41) is 2.84. The second kappa shape index (κ2) is 20.7. The van der Waals surface area contributed by atoms with Gasteiger partial charge in [0.1, 0.15) is 23.1 Å². The summed E-state index contributed by atoms with van der Waals surface area (Å²) in [4.78, 5) is 74.5. The number of hydrogen-bond acceptors (Lipinski definition) is 10. The first-order chi connectivity index (χ1) is 30.2. The Bertz CT molecular complexity index is 2160. The predicted molar refractivity (Wildman–Crippen MR) is 251 cm³/mol. The number of imidazole rings is 1. The number of nitrogens with one attached hydrogen (secondary N) is 2. The van der Waals surface area contributed by atoms with Crippen LogP contribution in [0.2, 0.25) is 0 Å². The lowest BCUT2D eigenvalue weighted by molar-refractivity contribution is -0.158. The van der Waals surface area contributed by atoms with E-state index in [2.05, 4.69) is 58.8 Å². The van der Waals surface area contributed by atoms with Crippen molar-refractivity contribution in [3.63, 3.8) is 0 Å². The summed E-state index contributed by atoms with van der Waals surface area (Å²) in [5.41, 5.74) is 5.95. The van der Waals surface area contributed by atoms with Crippen molar-refractivity contribution in [3.8, 4) is 22.4 Å². The Balaban J connectivity index is 1.06. The Hall–Kier alpha value is -5.34. The molecule has 0 saturated carbocycles. The third-order valence-corrected chi connectivity index (χ3v) is 11.9. The van der Waals surface area contributed by atoms with E-state index < -0.39 is 29.3 Å². The summed E-state index contributed by atoms with van der Waals surface area (Å²) in [6.45, 7) is 13.5. The highest BCUT2D eigenvalue weighted by Gasteiger charge is 2.39. The predicted octanol–water partition coefficient (Wildman–Crippen LogP) is 7.73. The van der Waals surface area contributed by atoms with Crippen LogP contribution < -0.4 is 5.32 Å². The normalized spacial score (nSPS) is 18.9. The van der Waals surface area contributed by atoms with Gasteiger partial charge in [-0.2, -0.15) is 0 Å². The molecule has 14 nitrogen and oxygen atoms in total. The smallest absolute Gasteiger partial charge is 0.408 e. The number of amides is 3. The topological polar surface area (TPSA) is 153 Å². The molecule has 0 spiro atoms. The molecule has 2 saturated heterocycles. The van der Waals surface area contributed by atoms with E-state index in [4.69, 9.17) is 19.5 Å². The number of allylic oxidation sites excluding steroid dienone is 1. The van der Waals surface area contributed by atoms with Crippen LogP contribution in [-0.4, -0.2) is 137 Å². The van der Waals surface area contributed by atoms with Crippen LogP contribution in [-0.2, 0) is 23.9 Å². The minimum atomic E-state index is -0.717. The molecule has 3 aliphatic rings. The van der Waals surface area contributed by atoms with Crippen LogP contribution in [0.5, 0.6) is 0 Å². The summed E-state index contributed by atoms with van der Waals surface area (Å²) in [5.74, 6) is -0.177. The van der Waals surface area contributed by atoms with Crippen molar-refractivity contribution in [1.82, 2.24) is 34.9 Å². The molecule has 4 atom stereocenters. The van der Waals surface area contributed by atoms with Crippen LogP contribution in [0.3, 0.4) is 0 Å². The summed E-state index contributed by atoms with van der Waals surface area (Å²) in [6.07, 6.45) is 8.34. The molecule has 3 aromatic rings. The zero-order valence-electron chi connectivity index (χ0n) is 39.7. The SMILES string of the molecule is CN(C)CCC(NC(=O)OC(C)(C)C)C(=O)N1CCC[C@H]1c1ncc(-c2ccc(-c3ccc(C4=CN=C([C@@H]5CCCN5C(=O)[C@H](CCN(C)C)CC(=O)OC(C)(C)C)C4)cc3)cc2)[nH]1. The number of aromatic amines is 1. The molecular weight excluding hydrogens is 809 g/mol. The van der Waals surface area contributed by atoms with Gasteiger partial charge in [0.05, 0.1) is 30.4 Å². The average Bonchev–Trinajstić information content (AvgIpc) is 4.06. The number of ether oxygens (including phenoxy) is 2. The summed E-state index contributed by atoms with van der Waals surface area (Å²) in [6, 6.07) is 15.9. The standard InChI is InChI=1S/C50H70N8O6/c1-49(2,3)63-44(59)30-37(23-27-55(7)8)46(60)57-25-11-13-42(57)40-29-38(31-51-40)35-17-15-33(16-18-35)34-19-21-36(22-20-34)41-32-52-45(53-41)43-14-12-26-58(43)47(61)39(24-28-56(9)10)54-48(62)64-50(4,5)6/h15-22,31-32,37,39,42-43H,11-14,23-30H2,1-10H3,(H,52,53)(H,54,62)/t37-,39?,42+,43+/m1/s1. The Morgan fingerprint density at radius 1 is 0.750 bits per heavy atom. The minimum absolute atomic E-state index is 0.0116. The number of likely N-dealkylation sites (tertiary alicyclic amines) is 2. The first kappa shape index (κ1) is 48.1. The Labute approximate surface area is 379 Å². The van der Waals surface area contributed by atoms with Crippen LogP contribution in [0.15, 0.2) is 65.9 Å². The van der Waals surface area contributed by atoms with Crippen molar-refractivity contribution in [3.05, 3.63) is 72.3 Å². The van der Waals surface area contributed by atoms with E-state index in [0.29, 0.717) is 45.4 Å². The van der Waals surface area contributed by atoms with Crippen molar-refractivity contribution < 1.29 is 28.7 Å². The molecular formula is C50H70N8O6. The number of carbonyl (C=O) groups is 4. The van der Waals surface area contributed by atoms with Crippen LogP contribution in [0.4, 0.5) is 4.79 Å². The Morgan fingerprint density at radius 3 is 1.89 bits per heavy atom. The molecule has 346 valence electrons. The second-order valence-electron chi connectivity index (χ2n) is 20.0.